The van der Waals surface area contributed by atoms with Crippen LogP contribution in [0.3, 0.4) is 0 Å². The van der Waals surface area contributed by atoms with Crippen molar-refractivity contribution >= 4 is 6.09 Å². The summed E-state index contributed by atoms with van der Waals surface area (Å²) in [5, 5.41) is 0. The number of ether oxygens (including phenoxy) is 1. The highest BCUT2D eigenvalue weighted by atomic mass is 16.6. The van der Waals surface area contributed by atoms with Crippen LogP contribution in [-0.2, 0) is 10.2 Å². The highest BCUT2D eigenvalue weighted by Crippen LogP contribution is 2.30. The Morgan fingerprint density at radius 1 is 1.38 bits per heavy atom. The second kappa shape index (κ2) is 5.01. The van der Waals surface area contributed by atoms with E-state index in [1.165, 1.54) is 0 Å². The molecule has 3 nitrogen and oxygen atoms in total. The summed E-state index contributed by atoms with van der Waals surface area (Å²) in [5.74, 6) is 0. The number of hydrogen-bond donors (Lipinski definition) is 1. The minimum Gasteiger partial charge on any atom is -0.445 e. The third kappa shape index (κ3) is 2.75. The van der Waals surface area contributed by atoms with Gasteiger partial charge in [-0.2, -0.15) is 0 Å². The second-order valence-electron chi connectivity index (χ2n) is 4.42. The fourth-order valence-electron chi connectivity index (χ4n) is 1.93. The van der Waals surface area contributed by atoms with Gasteiger partial charge in [-0.05, 0) is 12.0 Å². The normalized spacial score (nSPS) is 13.2. The molecule has 88 valence electrons. The molecule has 0 fully saturated rings. The van der Waals surface area contributed by atoms with Crippen LogP contribution >= 0.6 is 0 Å². The number of benzene rings is 1. The van der Waals surface area contributed by atoms with E-state index in [1.807, 2.05) is 37.3 Å². The van der Waals surface area contributed by atoms with Crippen molar-refractivity contribution in [1.82, 2.24) is 0 Å². The Labute approximate surface area is 96.6 Å². The Kier molecular flexibility index (Phi) is 3.93. The second-order valence-corrected chi connectivity index (χ2v) is 4.42. The number of carbonyl (C=O) groups excluding carboxylic acids is 1. The van der Waals surface area contributed by atoms with Gasteiger partial charge in [-0.1, -0.05) is 51.1 Å². The highest BCUT2D eigenvalue weighted by molar-refractivity contribution is 5.65. The third-order valence-electron chi connectivity index (χ3n) is 2.95. The van der Waals surface area contributed by atoms with E-state index < -0.39 is 6.09 Å². The molecule has 1 aromatic rings. The fraction of sp³-hybridized carbons (Fsp3) is 0.462. The molecular formula is C13H19NO2. The first-order valence-electron chi connectivity index (χ1n) is 5.50. The maximum absolute atomic E-state index is 10.8. The van der Waals surface area contributed by atoms with E-state index in [9.17, 15) is 4.79 Å². The quantitative estimate of drug-likeness (QED) is 0.850. The molecule has 0 saturated heterocycles. The first kappa shape index (κ1) is 12.6. The zero-order valence-corrected chi connectivity index (χ0v) is 10.1. The largest absolute Gasteiger partial charge is 0.445 e. The lowest BCUT2D eigenvalue weighted by molar-refractivity contribution is 0.0602. The summed E-state index contributed by atoms with van der Waals surface area (Å²) in [5.41, 5.74) is 5.99. The van der Waals surface area contributed by atoms with Gasteiger partial charge in [0, 0.05) is 5.41 Å². The summed E-state index contributed by atoms with van der Waals surface area (Å²) in [6.07, 6.45) is -0.173. The fourth-order valence-corrected chi connectivity index (χ4v) is 1.93. The molecule has 0 spiro atoms. The van der Waals surface area contributed by atoms with Gasteiger partial charge < -0.3 is 10.5 Å². The Morgan fingerprint density at radius 2 is 1.94 bits per heavy atom. The smallest absolute Gasteiger partial charge is 0.404 e. The number of hydrogen-bond acceptors (Lipinski definition) is 2. The van der Waals surface area contributed by atoms with Crippen LogP contribution in [0.2, 0.25) is 0 Å². The SMILES string of the molecule is CCC(OC(N)=O)C(C)(C)c1ccccc1. The van der Waals surface area contributed by atoms with Crippen molar-refractivity contribution in [3.8, 4) is 0 Å². The third-order valence-corrected chi connectivity index (χ3v) is 2.95. The minimum atomic E-state index is -0.712. The Balaban J connectivity index is 2.94. The lowest BCUT2D eigenvalue weighted by Crippen LogP contribution is -2.38. The number of carbonyl (C=O) groups is 1. The summed E-state index contributed by atoms with van der Waals surface area (Å²) in [6.45, 7) is 6.09. The summed E-state index contributed by atoms with van der Waals surface area (Å²) < 4.78 is 5.16. The van der Waals surface area contributed by atoms with Gasteiger partial charge in [-0.15, -0.1) is 0 Å². The van der Waals surface area contributed by atoms with Gasteiger partial charge in [-0.25, -0.2) is 4.79 Å². The minimum absolute atomic E-state index is 0.201. The van der Waals surface area contributed by atoms with Crippen LogP contribution < -0.4 is 5.73 Å². The maximum Gasteiger partial charge on any atom is 0.404 e. The molecule has 1 atom stereocenters. The topological polar surface area (TPSA) is 52.3 Å². The van der Waals surface area contributed by atoms with Crippen LogP contribution in [0.4, 0.5) is 4.79 Å². The molecule has 0 aliphatic rings. The van der Waals surface area contributed by atoms with E-state index in [0.29, 0.717) is 0 Å². The van der Waals surface area contributed by atoms with Crippen molar-refractivity contribution in [3.05, 3.63) is 35.9 Å². The molecule has 0 aromatic heterocycles. The standard InChI is InChI=1S/C13H19NO2/c1-4-11(16-12(14)15)13(2,3)10-8-6-5-7-9-10/h5-9,11H,4H2,1-3H3,(H2,14,15). The zero-order valence-electron chi connectivity index (χ0n) is 10.1. The molecule has 3 heteroatoms. The van der Waals surface area contributed by atoms with Gasteiger partial charge >= 0.3 is 6.09 Å². The predicted octanol–water partition coefficient (Wildman–Crippen LogP) is 2.84. The van der Waals surface area contributed by atoms with Crippen molar-refractivity contribution in [3.63, 3.8) is 0 Å². The van der Waals surface area contributed by atoms with Crippen LogP contribution in [-0.4, -0.2) is 12.2 Å². The van der Waals surface area contributed by atoms with Crippen molar-refractivity contribution < 1.29 is 9.53 Å². The molecule has 0 saturated carbocycles. The maximum atomic E-state index is 10.8. The van der Waals surface area contributed by atoms with E-state index in [-0.39, 0.29) is 11.5 Å². The monoisotopic (exact) mass is 221 g/mol. The van der Waals surface area contributed by atoms with Crippen molar-refractivity contribution in [1.29, 1.82) is 0 Å². The van der Waals surface area contributed by atoms with Gasteiger partial charge in [0.2, 0.25) is 0 Å². The van der Waals surface area contributed by atoms with Crippen LogP contribution in [0, 0.1) is 0 Å². The van der Waals surface area contributed by atoms with Gasteiger partial charge in [0.25, 0.3) is 0 Å². The molecule has 1 amide bonds. The first-order valence-corrected chi connectivity index (χ1v) is 5.50. The zero-order chi connectivity index (χ0) is 12.2. The van der Waals surface area contributed by atoms with Gasteiger partial charge in [0.05, 0.1) is 0 Å². The van der Waals surface area contributed by atoms with E-state index in [1.54, 1.807) is 0 Å². The molecule has 0 bridgehead atoms. The molecule has 2 N–H and O–H groups in total. The lowest BCUT2D eigenvalue weighted by atomic mass is 9.78. The number of amides is 1. The van der Waals surface area contributed by atoms with E-state index in [0.717, 1.165) is 12.0 Å². The molecule has 0 aliphatic heterocycles. The molecule has 1 rings (SSSR count). The van der Waals surface area contributed by atoms with E-state index in [2.05, 4.69) is 13.8 Å². The van der Waals surface area contributed by atoms with Crippen LogP contribution in [0.5, 0.6) is 0 Å². The first-order chi connectivity index (χ1) is 7.48. The molecular weight excluding hydrogens is 202 g/mol. The Hall–Kier alpha value is -1.51. The van der Waals surface area contributed by atoms with Gasteiger partial charge in [0.15, 0.2) is 0 Å². The predicted molar refractivity (Wildman–Crippen MR) is 64.2 cm³/mol. The van der Waals surface area contributed by atoms with Crippen LogP contribution in [0.25, 0.3) is 0 Å². The van der Waals surface area contributed by atoms with Crippen LogP contribution in [0.15, 0.2) is 30.3 Å². The van der Waals surface area contributed by atoms with Crippen molar-refractivity contribution in [2.24, 2.45) is 5.73 Å². The van der Waals surface area contributed by atoms with E-state index >= 15 is 0 Å². The van der Waals surface area contributed by atoms with E-state index in [4.69, 9.17) is 10.5 Å². The Morgan fingerprint density at radius 3 is 2.38 bits per heavy atom. The Bertz CT molecular complexity index is 346. The van der Waals surface area contributed by atoms with Gasteiger partial charge in [0.1, 0.15) is 6.10 Å². The molecule has 0 heterocycles. The average Bonchev–Trinajstić information content (AvgIpc) is 2.26. The molecule has 0 radical (unpaired) electrons. The molecule has 16 heavy (non-hydrogen) atoms. The van der Waals surface area contributed by atoms with Crippen LogP contribution in [0.1, 0.15) is 32.8 Å². The molecule has 1 aromatic carbocycles. The average molecular weight is 221 g/mol. The molecule has 0 aliphatic carbocycles. The van der Waals surface area contributed by atoms with Crippen molar-refractivity contribution in [2.75, 3.05) is 0 Å². The number of rotatable bonds is 4. The molecule has 1 unspecified atom stereocenters. The van der Waals surface area contributed by atoms with Crippen molar-refractivity contribution in [2.45, 2.75) is 38.7 Å². The van der Waals surface area contributed by atoms with Gasteiger partial charge in [-0.3, -0.25) is 0 Å². The summed E-state index contributed by atoms with van der Waals surface area (Å²) in [4.78, 5) is 10.8. The summed E-state index contributed by atoms with van der Waals surface area (Å²) >= 11 is 0. The lowest BCUT2D eigenvalue weighted by Gasteiger charge is -2.33. The number of primary amides is 1. The highest BCUT2D eigenvalue weighted by Gasteiger charge is 2.32. The summed E-state index contributed by atoms with van der Waals surface area (Å²) in [7, 11) is 0. The summed E-state index contributed by atoms with van der Waals surface area (Å²) in [6, 6.07) is 10.00. The number of nitrogens with two attached hydrogens (primary N) is 1.